The molecular weight excluding hydrogens is 432 g/mol. The molecule has 0 amide bonds. The van der Waals surface area contributed by atoms with Crippen LogP contribution in [-0.2, 0) is 20.7 Å². The minimum atomic E-state index is -0.607. The molecule has 3 rings (SSSR count). The van der Waals surface area contributed by atoms with E-state index in [1.54, 1.807) is 36.4 Å². The smallest absolute Gasteiger partial charge is 0.335 e. The fourth-order valence-electron chi connectivity index (χ4n) is 3.38. The van der Waals surface area contributed by atoms with Crippen LogP contribution in [0.1, 0.15) is 34.8 Å². The standard InChI is InChI=1S/C28H30O6/c1-3-32-26(28(30)31-2)20-21-10-14-24(15-11-21)33-18-7-19-34-25-16-12-23(13-17-25)27(29)22-8-5-4-6-9-22/h4-6,8-17,26H,3,7,18-20H2,1-2H3/t26-/m0/s1. The van der Waals surface area contributed by atoms with Gasteiger partial charge >= 0.3 is 5.97 Å². The van der Waals surface area contributed by atoms with Gasteiger partial charge in [-0.3, -0.25) is 4.79 Å². The number of esters is 1. The van der Waals surface area contributed by atoms with Gasteiger partial charge in [0, 0.05) is 30.6 Å². The van der Waals surface area contributed by atoms with Crippen molar-refractivity contribution in [1.29, 1.82) is 0 Å². The number of carbonyl (C=O) groups excluding carboxylic acids is 2. The normalized spacial score (nSPS) is 11.5. The zero-order chi connectivity index (χ0) is 24.2. The van der Waals surface area contributed by atoms with Crippen LogP contribution < -0.4 is 9.47 Å². The molecule has 0 saturated carbocycles. The molecule has 0 N–H and O–H groups in total. The summed E-state index contributed by atoms with van der Waals surface area (Å²) in [6.45, 7) is 3.30. The summed E-state index contributed by atoms with van der Waals surface area (Å²) in [5, 5.41) is 0. The zero-order valence-electron chi connectivity index (χ0n) is 19.6. The molecule has 0 aliphatic rings. The van der Waals surface area contributed by atoms with E-state index >= 15 is 0 Å². The lowest BCUT2D eigenvalue weighted by Gasteiger charge is -2.15. The van der Waals surface area contributed by atoms with Crippen molar-refractivity contribution in [3.05, 3.63) is 95.6 Å². The molecule has 3 aromatic rings. The SMILES string of the molecule is CCO[C@@H](Cc1ccc(OCCCOc2ccc(C(=O)c3ccccc3)cc2)cc1)C(=O)OC. The van der Waals surface area contributed by atoms with Gasteiger partial charge in [0.2, 0.25) is 0 Å². The topological polar surface area (TPSA) is 71.1 Å². The third-order valence-corrected chi connectivity index (χ3v) is 5.15. The van der Waals surface area contributed by atoms with Crippen LogP contribution in [-0.4, -0.2) is 44.8 Å². The van der Waals surface area contributed by atoms with Crippen LogP contribution in [0.2, 0.25) is 0 Å². The maximum Gasteiger partial charge on any atom is 0.335 e. The van der Waals surface area contributed by atoms with Gasteiger partial charge in [0.15, 0.2) is 11.9 Å². The average Bonchev–Trinajstić information content (AvgIpc) is 2.89. The molecule has 0 aromatic heterocycles. The lowest BCUT2D eigenvalue weighted by molar-refractivity contribution is -0.153. The molecule has 6 heteroatoms. The first-order valence-corrected chi connectivity index (χ1v) is 11.3. The Hall–Kier alpha value is -3.64. The molecule has 0 heterocycles. The first kappa shape index (κ1) is 25.0. The van der Waals surface area contributed by atoms with Crippen molar-refractivity contribution in [2.24, 2.45) is 0 Å². The van der Waals surface area contributed by atoms with Gasteiger partial charge in [-0.15, -0.1) is 0 Å². The third kappa shape index (κ3) is 7.46. The van der Waals surface area contributed by atoms with Crippen LogP contribution in [0, 0.1) is 0 Å². The average molecular weight is 463 g/mol. The van der Waals surface area contributed by atoms with Crippen molar-refractivity contribution in [3.8, 4) is 11.5 Å². The van der Waals surface area contributed by atoms with Gasteiger partial charge in [-0.05, 0) is 48.9 Å². The minimum absolute atomic E-state index is 0.00900. The quantitative estimate of drug-likeness (QED) is 0.205. The second-order valence-corrected chi connectivity index (χ2v) is 7.59. The second-order valence-electron chi connectivity index (χ2n) is 7.59. The summed E-state index contributed by atoms with van der Waals surface area (Å²) in [5.41, 5.74) is 2.26. The van der Waals surface area contributed by atoms with Crippen molar-refractivity contribution >= 4 is 11.8 Å². The largest absolute Gasteiger partial charge is 0.493 e. The molecule has 178 valence electrons. The zero-order valence-corrected chi connectivity index (χ0v) is 19.6. The van der Waals surface area contributed by atoms with E-state index in [0.717, 1.165) is 11.3 Å². The fourth-order valence-corrected chi connectivity index (χ4v) is 3.38. The lowest BCUT2D eigenvalue weighted by Crippen LogP contribution is -2.28. The number of rotatable bonds is 13. The molecule has 0 radical (unpaired) electrons. The maximum atomic E-state index is 12.5. The molecule has 6 nitrogen and oxygen atoms in total. The summed E-state index contributed by atoms with van der Waals surface area (Å²) in [4.78, 5) is 24.2. The molecular formula is C28H30O6. The van der Waals surface area contributed by atoms with E-state index in [-0.39, 0.29) is 11.8 Å². The van der Waals surface area contributed by atoms with Gasteiger partial charge in [-0.1, -0.05) is 42.5 Å². The lowest BCUT2D eigenvalue weighted by atomic mass is 10.0. The predicted octanol–water partition coefficient (Wildman–Crippen LogP) is 4.89. The summed E-state index contributed by atoms with van der Waals surface area (Å²) in [5.74, 6) is 1.08. The predicted molar refractivity (Wildman–Crippen MR) is 129 cm³/mol. The van der Waals surface area contributed by atoms with Crippen LogP contribution >= 0.6 is 0 Å². The Morgan fingerprint density at radius 1 is 0.765 bits per heavy atom. The molecule has 0 unspecified atom stereocenters. The molecule has 1 atom stereocenters. The third-order valence-electron chi connectivity index (χ3n) is 5.15. The van der Waals surface area contributed by atoms with Crippen molar-refractivity contribution in [2.45, 2.75) is 25.9 Å². The number of hydrogen-bond donors (Lipinski definition) is 0. The second kappa shape index (κ2) is 13.2. The molecule has 0 fully saturated rings. The first-order valence-electron chi connectivity index (χ1n) is 11.3. The summed E-state index contributed by atoms with van der Waals surface area (Å²) >= 11 is 0. The van der Waals surface area contributed by atoms with E-state index in [4.69, 9.17) is 18.9 Å². The minimum Gasteiger partial charge on any atom is -0.493 e. The van der Waals surface area contributed by atoms with E-state index < -0.39 is 6.10 Å². The molecule has 34 heavy (non-hydrogen) atoms. The Balaban J connectivity index is 1.38. The van der Waals surface area contributed by atoms with E-state index in [9.17, 15) is 9.59 Å². The van der Waals surface area contributed by atoms with Gasteiger partial charge in [0.25, 0.3) is 0 Å². The van der Waals surface area contributed by atoms with Crippen molar-refractivity contribution < 1.29 is 28.5 Å². The molecule has 0 saturated heterocycles. The Labute approximate surface area is 200 Å². The molecule has 3 aromatic carbocycles. The number of ketones is 1. The summed E-state index contributed by atoms with van der Waals surface area (Å²) < 4.78 is 21.8. The van der Waals surface area contributed by atoms with Crippen molar-refractivity contribution in [3.63, 3.8) is 0 Å². The summed E-state index contributed by atoms with van der Waals surface area (Å²) in [6.07, 6.45) is 0.551. The highest BCUT2D eigenvalue weighted by Gasteiger charge is 2.19. The molecule has 0 aliphatic heterocycles. The Kier molecular flexibility index (Phi) is 9.67. The number of carbonyl (C=O) groups is 2. The highest BCUT2D eigenvalue weighted by atomic mass is 16.6. The van der Waals surface area contributed by atoms with Crippen molar-refractivity contribution in [1.82, 2.24) is 0 Å². The Morgan fingerprint density at radius 3 is 1.88 bits per heavy atom. The molecule has 0 spiro atoms. The first-order chi connectivity index (χ1) is 16.6. The van der Waals surface area contributed by atoms with Gasteiger partial charge in [-0.25, -0.2) is 4.79 Å². The molecule has 0 aliphatic carbocycles. The van der Waals surface area contributed by atoms with Crippen LogP contribution in [0.25, 0.3) is 0 Å². The van der Waals surface area contributed by atoms with E-state index in [2.05, 4.69) is 0 Å². The van der Waals surface area contributed by atoms with Gasteiger partial charge in [0.1, 0.15) is 11.5 Å². The number of methoxy groups -OCH3 is 1. The Morgan fingerprint density at radius 2 is 1.32 bits per heavy atom. The monoisotopic (exact) mass is 462 g/mol. The number of benzene rings is 3. The highest BCUT2D eigenvalue weighted by molar-refractivity contribution is 6.08. The Bertz CT molecular complexity index is 1030. The highest BCUT2D eigenvalue weighted by Crippen LogP contribution is 2.17. The van der Waals surface area contributed by atoms with Crippen molar-refractivity contribution in [2.75, 3.05) is 26.9 Å². The summed E-state index contributed by atoms with van der Waals surface area (Å²) in [7, 11) is 1.36. The molecule has 0 bridgehead atoms. The van der Waals surface area contributed by atoms with Gasteiger partial charge in [0.05, 0.1) is 20.3 Å². The summed E-state index contributed by atoms with van der Waals surface area (Å²) in [6, 6.07) is 23.9. The van der Waals surface area contributed by atoms with Crippen LogP contribution in [0.5, 0.6) is 11.5 Å². The fraction of sp³-hybridized carbons (Fsp3) is 0.286. The number of ether oxygens (including phenoxy) is 4. The van der Waals surface area contributed by atoms with E-state index in [1.165, 1.54) is 7.11 Å². The number of hydrogen-bond acceptors (Lipinski definition) is 6. The van der Waals surface area contributed by atoms with E-state index in [0.29, 0.717) is 49.5 Å². The van der Waals surface area contributed by atoms with Crippen LogP contribution in [0.15, 0.2) is 78.9 Å². The van der Waals surface area contributed by atoms with Crippen LogP contribution in [0.4, 0.5) is 0 Å². The van der Waals surface area contributed by atoms with Gasteiger partial charge < -0.3 is 18.9 Å². The van der Waals surface area contributed by atoms with Gasteiger partial charge in [-0.2, -0.15) is 0 Å². The van der Waals surface area contributed by atoms with Crippen LogP contribution in [0.3, 0.4) is 0 Å². The maximum absolute atomic E-state index is 12.5. The van der Waals surface area contributed by atoms with E-state index in [1.807, 2.05) is 49.4 Å².